The van der Waals surface area contributed by atoms with E-state index in [9.17, 15) is 0 Å². The number of nitrogens with one attached hydrogen (secondary N) is 2. The van der Waals surface area contributed by atoms with E-state index in [1.54, 1.807) is 0 Å². The molecule has 1 saturated carbocycles. The quantitative estimate of drug-likeness (QED) is 0.279. The first-order chi connectivity index (χ1) is 7.04. The lowest BCUT2D eigenvalue weighted by Gasteiger charge is -2.18. The summed E-state index contributed by atoms with van der Waals surface area (Å²) in [7, 11) is 0. The maximum absolute atomic E-state index is 5.44. The first-order valence-corrected chi connectivity index (χ1v) is 5.85. The standard InChI is InChI=1S/C11H24N4/c1-7(2)13-11(15-12)14-10-6-5-8(3)9(10)4/h7-10H,5-6,12H2,1-4H3,(H2,13,14,15). The molecule has 15 heavy (non-hydrogen) atoms. The molecule has 0 bridgehead atoms. The first kappa shape index (κ1) is 12.3. The third-order valence-corrected chi connectivity index (χ3v) is 3.28. The van der Waals surface area contributed by atoms with E-state index in [2.05, 4.69) is 43.4 Å². The Balaban J connectivity index is 2.59. The highest BCUT2D eigenvalue weighted by molar-refractivity contribution is 5.79. The lowest BCUT2D eigenvalue weighted by Crippen LogP contribution is -2.45. The zero-order chi connectivity index (χ0) is 11.4. The van der Waals surface area contributed by atoms with Gasteiger partial charge in [-0.3, -0.25) is 5.43 Å². The Hall–Kier alpha value is -0.770. The van der Waals surface area contributed by atoms with Gasteiger partial charge in [-0.2, -0.15) is 0 Å². The Morgan fingerprint density at radius 1 is 1.33 bits per heavy atom. The van der Waals surface area contributed by atoms with E-state index in [1.165, 1.54) is 12.8 Å². The molecule has 1 aliphatic rings. The van der Waals surface area contributed by atoms with Gasteiger partial charge in [-0.25, -0.2) is 10.8 Å². The van der Waals surface area contributed by atoms with E-state index in [0.717, 1.165) is 11.9 Å². The van der Waals surface area contributed by atoms with Gasteiger partial charge in [0.1, 0.15) is 0 Å². The normalized spacial score (nSPS) is 32.1. The summed E-state index contributed by atoms with van der Waals surface area (Å²) in [5, 5.41) is 3.21. The van der Waals surface area contributed by atoms with Crippen molar-refractivity contribution in [3.05, 3.63) is 0 Å². The number of rotatable bonds is 2. The second kappa shape index (κ2) is 5.35. The van der Waals surface area contributed by atoms with Gasteiger partial charge in [0.15, 0.2) is 0 Å². The molecule has 1 fully saturated rings. The molecule has 0 saturated heterocycles. The highest BCUT2D eigenvalue weighted by Gasteiger charge is 2.29. The monoisotopic (exact) mass is 212 g/mol. The summed E-state index contributed by atoms with van der Waals surface area (Å²) >= 11 is 0. The molecule has 4 N–H and O–H groups in total. The molecule has 4 heteroatoms. The van der Waals surface area contributed by atoms with E-state index in [1.807, 2.05) is 0 Å². The molecule has 0 aromatic carbocycles. The van der Waals surface area contributed by atoms with E-state index in [-0.39, 0.29) is 0 Å². The fraction of sp³-hybridized carbons (Fsp3) is 0.909. The van der Waals surface area contributed by atoms with Crippen LogP contribution in [-0.4, -0.2) is 18.0 Å². The van der Waals surface area contributed by atoms with Crippen molar-refractivity contribution < 1.29 is 0 Å². The van der Waals surface area contributed by atoms with Crippen molar-refractivity contribution in [3.63, 3.8) is 0 Å². The van der Waals surface area contributed by atoms with Gasteiger partial charge in [0, 0.05) is 6.04 Å². The van der Waals surface area contributed by atoms with Crippen molar-refractivity contribution in [2.24, 2.45) is 22.7 Å². The summed E-state index contributed by atoms with van der Waals surface area (Å²) < 4.78 is 0. The molecule has 0 spiro atoms. The van der Waals surface area contributed by atoms with Gasteiger partial charge < -0.3 is 5.32 Å². The van der Waals surface area contributed by atoms with Gasteiger partial charge in [-0.15, -0.1) is 0 Å². The molecule has 1 aliphatic carbocycles. The zero-order valence-corrected chi connectivity index (χ0v) is 10.2. The van der Waals surface area contributed by atoms with E-state index < -0.39 is 0 Å². The number of guanidine groups is 1. The number of hydrogen-bond donors (Lipinski definition) is 3. The highest BCUT2D eigenvalue weighted by Crippen LogP contribution is 2.33. The smallest absolute Gasteiger partial charge is 0.206 e. The van der Waals surface area contributed by atoms with Gasteiger partial charge in [-0.1, -0.05) is 13.8 Å². The Kier molecular flexibility index (Phi) is 4.39. The number of hydrazine groups is 1. The zero-order valence-electron chi connectivity index (χ0n) is 10.2. The molecular formula is C11H24N4. The molecule has 4 nitrogen and oxygen atoms in total. The molecule has 88 valence electrons. The third-order valence-electron chi connectivity index (χ3n) is 3.28. The third kappa shape index (κ3) is 3.38. The van der Waals surface area contributed by atoms with Crippen molar-refractivity contribution in [3.8, 4) is 0 Å². The van der Waals surface area contributed by atoms with Crippen molar-refractivity contribution in [1.29, 1.82) is 0 Å². The topological polar surface area (TPSA) is 62.4 Å². The molecule has 0 radical (unpaired) electrons. The maximum Gasteiger partial charge on any atom is 0.206 e. The lowest BCUT2D eigenvalue weighted by atomic mass is 9.98. The Morgan fingerprint density at radius 3 is 2.40 bits per heavy atom. The van der Waals surface area contributed by atoms with Crippen LogP contribution in [0.1, 0.15) is 40.5 Å². The number of nitrogens with two attached hydrogens (primary N) is 1. The summed E-state index contributed by atoms with van der Waals surface area (Å²) in [6.45, 7) is 8.72. The van der Waals surface area contributed by atoms with E-state index in [4.69, 9.17) is 5.84 Å². The molecule has 0 heterocycles. The number of hydrogen-bond acceptors (Lipinski definition) is 2. The minimum Gasteiger partial charge on any atom is -0.353 e. The molecule has 0 amide bonds. The summed E-state index contributed by atoms with van der Waals surface area (Å²) in [5.41, 5.74) is 2.63. The van der Waals surface area contributed by atoms with Crippen LogP contribution in [0, 0.1) is 11.8 Å². The SMILES string of the molecule is CC(C)NC(=NC1CCC(C)C1C)NN. The van der Waals surface area contributed by atoms with Crippen LogP contribution < -0.4 is 16.6 Å². The molecule has 0 aliphatic heterocycles. The van der Waals surface area contributed by atoms with Crippen LogP contribution in [0.5, 0.6) is 0 Å². The number of aliphatic imine (C=N–C) groups is 1. The minimum atomic E-state index is 0.355. The van der Waals surface area contributed by atoms with Gasteiger partial charge in [0.25, 0.3) is 0 Å². The van der Waals surface area contributed by atoms with Crippen LogP contribution in [-0.2, 0) is 0 Å². The first-order valence-electron chi connectivity index (χ1n) is 5.85. The van der Waals surface area contributed by atoms with Gasteiger partial charge in [-0.05, 0) is 38.5 Å². The van der Waals surface area contributed by atoms with Gasteiger partial charge >= 0.3 is 0 Å². The number of nitrogens with zero attached hydrogens (tertiary/aromatic N) is 1. The predicted octanol–water partition coefficient (Wildman–Crippen LogP) is 1.24. The average Bonchev–Trinajstić information content (AvgIpc) is 2.48. The van der Waals surface area contributed by atoms with Crippen LogP contribution in [0.15, 0.2) is 4.99 Å². The molecule has 0 aromatic heterocycles. The molecule has 3 atom stereocenters. The minimum absolute atomic E-state index is 0.355. The predicted molar refractivity (Wildman–Crippen MR) is 64.4 cm³/mol. The summed E-state index contributed by atoms with van der Waals surface area (Å²) in [6.07, 6.45) is 2.45. The van der Waals surface area contributed by atoms with Crippen LogP contribution in [0.2, 0.25) is 0 Å². The van der Waals surface area contributed by atoms with Crippen LogP contribution in [0.25, 0.3) is 0 Å². The van der Waals surface area contributed by atoms with Crippen molar-refractivity contribution in [2.75, 3.05) is 0 Å². The lowest BCUT2D eigenvalue weighted by molar-refractivity contribution is 0.421. The molecule has 1 rings (SSSR count). The fourth-order valence-electron chi connectivity index (χ4n) is 2.08. The Labute approximate surface area is 92.7 Å². The Morgan fingerprint density at radius 2 is 2.00 bits per heavy atom. The van der Waals surface area contributed by atoms with Crippen LogP contribution >= 0.6 is 0 Å². The summed E-state index contributed by atoms with van der Waals surface area (Å²) in [4.78, 5) is 4.64. The van der Waals surface area contributed by atoms with Crippen LogP contribution in [0.4, 0.5) is 0 Å². The van der Waals surface area contributed by atoms with Gasteiger partial charge in [0.05, 0.1) is 6.04 Å². The van der Waals surface area contributed by atoms with Gasteiger partial charge in [0.2, 0.25) is 5.96 Å². The van der Waals surface area contributed by atoms with Crippen LogP contribution in [0.3, 0.4) is 0 Å². The fourth-order valence-corrected chi connectivity index (χ4v) is 2.08. The summed E-state index contributed by atoms with van der Waals surface area (Å²) in [5.74, 6) is 7.58. The van der Waals surface area contributed by atoms with Crippen molar-refractivity contribution >= 4 is 5.96 Å². The molecule has 0 aromatic rings. The van der Waals surface area contributed by atoms with E-state index >= 15 is 0 Å². The van der Waals surface area contributed by atoms with Crippen molar-refractivity contribution in [2.45, 2.75) is 52.6 Å². The Bertz CT molecular complexity index is 225. The largest absolute Gasteiger partial charge is 0.353 e. The highest BCUT2D eigenvalue weighted by atomic mass is 15.3. The van der Waals surface area contributed by atoms with E-state index in [0.29, 0.717) is 18.0 Å². The molecule has 3 unspecified atom stereocenters. The second-order valence-corrected chi connectivity index (χ2v) is 4.90. The van der Waals surface area contributed by atoms with Crippen molar-refractivity contribution in [1.82, 2.24) is 10.7 Å². The second-order valence-electron chi connectivity index (χ2n) is 4.90. The summed E-state index contributed by atoms with van der Waals surface area (Å²) in [6, 6.07) is 0.770. The maximum atomic E-state index is 5.44. The molecular weight excluding hydrogens is 188 g/mol. The average molecular weight is 212 g/mol.